The van der Waals surface area contributed by atoms with Gasteiger partial charge in [-0.3, -0.25) is 12.2 Å². The topological polar surface area (TPSA) is 0 Å². The van der Waals surface area contributed by atoms with Crippen LogP contribution in [0.5, 0.6) is 0 Å². The van der Waals surface area contributed by atoms with E-state index in [0.29, 0.717) is 0 Å². The minimum atomic E-state index is 0. The van der Waals surface area contributed by atoms with Gasteiger partial charge >= 0.3 is 26.2 Å². The van der Waals surface area contributed by atoms with Crippen LogP contribution in [0.1, 0.15) is 53.9 Å². The number of hydrogen-bond donors (Lipinski definition) is 0. The van der Waals surface area contributed by atoms with E-state index in [2.05, 4.69) is 52.8 Å². The monoisotopic (exact) mass is 356 g/mol. The quantitative estimate of drug-likeness (QED) is 0.568. The van der Waals surface area contributed by atoms with E-state index in [1.54, 1.807) is 0 Å². The van der Waals surface area contributed by atoms with Crippen LogP contribution in [0.25, 0.3) is 0 Å². The normalized spacial score (nSPS) is 22.1. The molecule has 0 aromatic heterocycles. The van der Waals surface area contributed by atoms with Gasteiger partial charge in [-0.1, -0.05) is 46.0 Å². The van der Waals surface area contributed by atoms with Crippen molar-refractivity contribution in [2.45, 2.75) is 53.9 Å². The third-order valence-corrected chi connectivity index (χ3v) is 3.75. The summed E-state index contributed by atoms with van der Waals surface area (Å²) in [5.41, 5.74) is 4.55. The Morgan fingerprint density at radius 2 is 1.80 bits per heavy atom. The van der Waals surface area contributed by atoms with Crippen LogP contribution in [-0.2, 0) is 26.2 Å². The van der Waals surface area contributed by atoms with Crippen molar-refractivity contribution in [3.63, 3.8) is 0 Å². The maximum Gasteiger partial charge on any atom is 4.00 e. The summed E-state index contributed by atoms with van der Waals surface area (Å²) in [6.07, 6.45) is 16.0. The molecule has 0 spiro atoms. The van der Waals surface area contributed by atoms with Crippen LogP contribution in [0, 0.1) is 17.6 Å². The zero-order chi connectivity index (χ0) is 12.9. The van der Waals surface area contributed by atoms with Crippen molar-refractivity contribution in [3.05, 3.63) is 47.1 Å². The van der Waals surface area contributed by atoms with Crippen molar-refractivity contribution in [2.24, 2.45) is 5.41 Å². The molecule has 0 heterocycles. The van der Waals surface area contributed by atoms with Gasteiger partial charge in [0.1, 0.15) is 0 Å². The molecule has 0 saturated heterocycles. The molecule has 0 nitrogen and oxygen atoms in total. The number of allylic oxidation sites excluding steroid dienone is 8. The van der Waals surface area contributed by atoms with Gasteiger partial charge in [-0.25, -0.2) is 17.7 Å². The van der Waals surface area contributed by atoms with Gasteiger partial charge < -0.3 is 9.41 Å². The summed E-state index contributed by atoms with van der Waals surface area (Å²) >= 11 is 0. The van der Waals surface area contributed by atoms with E-state index >= 15 is 0 Å². The second-order valence-electron chi connectivity index (χ2n) is 5.09. The van der Waals surface area contributed by atoms with Crippen molar-refractivity contribution in [1.82, 2.24) is 0 Å². The second-order valence-corrected chi connectivity index (χ2v) is 5.09. The van der Waals surface area contributed by atoms with Gasteiger partial charge in [0, 0.05) is 0 Å². The van der Waals surface area contributed by atoms with Crippen LogP contribution in [-0.4, -0.2) is 0 Å². The zero-order valence-corrected chi connectivity index (χ0v) is 15.6. The maximum absolute atomic E-state index is 3.57. The molecule has 2 aliphatic rings. The standard InChI is InChI=1S/C12H19.C5H5.2FH.Zr/c1-6-7-12(5)8-9(2)10(3)11(12)4;1-2-4-5-3-1;;;/h6-7H2,1-5H3;1-3H,4H2;2*1H;/q2*-1;;;+4/p-2. The zero-order valence-electron chi connectivity index (χ0n) is 13.1. The second kappa shape index (κ2) is 11.4. The van der Waals surface area contributed by atoms with E-state index in [1.165, 1.54) is 29.6 Å². The molecule has 110 valence electrons. The average molecular weight is 358 g/mol. The average Bonchev–Trinajstić information content (AvgIpc) is 2.90. The predicted molar refractivity (Wildman–Crippen MR) is 75.4 cm³/mol. The van der Waals surface area contributed by atoms with E-state index in [-0.39, 0.29) is 41.0 Å². The van der Waals surface area contributed by atoms with E-state index < -0.39 is 0 Å². The van der Waals surface area contributed by atoms with Gasteiger partial charge in [0.05, 0.1) is 0 Å². The molecule has 0 saturated carbocycles. The Hall–Kier alpha value is -0.297. The fourth-order valence-electron chi connectivity index (χ4n) is 2.39. The van der Waals surface area contributed by atoms with Crippen molar-refractivity contribution in [1.29, 1.82) is 0 Å². The third-order valence-electron chi connectivity index (χ3n) is 3.75. The largest absolute Gasteiger partial charge is 4.00 e. The van der Waals surface area contributed by atoms with E-state index in [1.807, 2.05) is 12.2 Å². The van der Waals surface area contributed by atoms with Crippen LogP contribution in [0.2, 0.25) is 0 Å². The van der Waals surface area contributed by atoms with Gasteiger partial charge in [0.15, 0.2) is 0 Å². The minimum Gasteiger partial charge on any atom is -1.00 e. The van der Waals surface area contributed by atoms with Gasteiger partial charge in [-0.2, -0.15) is 17.2 Å². The minimum absolute atomic E-state index is 0. The van der Waals surface area contributed by atoms with Crippen molar-refractivity contribution < 1.29 is 35.6 Å². The first-order valence-electron chi connectivity index (χ1n) is 6.53. The first-order chi connectivity index (χ1) is 8.01. The van der Waals surface area contributed by atoms with E-state index in [9.17, 15) is 0 Å². The first-order valence-corrected chi connectivity index (χ1v) is 6.53. The van der Waals surface area contributed by atoms with Crippen LogP contribution in [0.15, 0.2) is 34.9 Å². The molecule has 0 aromatic rings. The van der Waals surface area contributed by atoms with Gasteiger partial charge in [0.25, 0.3) is 0 Å². The predicted octanol–water partition coefficient (Wildman–Crippen LogP) is -0.797. The molecular weight excluding hydrogens is 333 g/mol. The van der Waals surface area contributed by atoms with E-state index in [4.69, 9.17) is 0 Å². The summed E-state index contributed by atoms with van der Waals surface area (Å²) in [6, 6.07) is 0. The molecule has 0 amide bonds. The van der Waals surface area contributed by atoms with Crippen molar-refractivity contribution >= 4 is 0 Å². The fraction of sp³-hybridized carbons (Fsp3) is 0.529. The molecule has 2 aliphatic carbocycles. The molecule has 2 rings (SSSR count). The molecule has 20 heavy (non-hydrogen) atoms. The summed E-state index contributed by atoms with van der Waals surface area (Å²) in [7, 11) is 0. The molecule has 0 bridgehead atoms. The number of rotatable bonds is 2. The molecule has 0 fully saturated rings. The van der Waals surface area contributed by atoms with Crippen molar-refractivity contribution in [2.75, 3.05) is 0 Å². The first kappa shape index (κ1) is 24.7. The molecule has 0 radical (unpaired) electrons. The molecule has 0 N–H and O–H groups in total. The Kier molecular flexibility index (Phi) is 14.0. The maximum atomic E-state index is 3.57. The SMILES string of the molecule is CCCC1(C)[C-]=C(C)C(C)=C1C.[C-]1=CC=CC1.[F-].[F-].[Zr+4]. The van der Waals surface area contributed by atoms with Gasteiger partial charge in [0.2, 0.25) is 0 Å². The molecule has 1 atom stereocenters. The van der Waals surface area contributed by atoms with Crippen LogP contribution in [0.3, 0.4) is 0 Å². The smallest absolute Gasteiger partial charge is 1.00 e. The molecule has 1 unspecified atom stereocenters. The van der Waals surface area contributed by atoms with Crippen LogP contribution in [0.4, 0.5) is 0 Å². The van der Waals surface area contributed by atoms with Crippen molar-refractivity contribution in [3.8, 4) is 0 Å². The number of hydrogen-bond acceptors (Lipinski definition) is 0. The van der Waals surface area contributed by atoms with Crippen LogP contribution < -0.4 is 9.41 Å². The van der Waals surface area contributed by atoms with Gasteiger partial charge in [-0.05, 0) is 0 Å². The molecular formula is C17H24F2Zr. The Morgan fingerprint density at radius 1 is 1.20 bits per heavy atom. The Bertz CT molecular complexity index is 382. The molecule has 0 aliphatic heterocycles. The Labute approximate surface area is 142 Å². The summed E-state index contributed by atoms with van der Waals surface area (Å²) in [5, 5.41) is 0. The summed E-state index contributed by atoms with van der Waals surface area (Å²) < 4.78 is 0. The molecule has 0 aromatic carbocycles. The Morgan fingerprint density at radius 3 is 2.05 bits per heavy atom. The van der Waals surface area contributed by atoms with E-state index in [0.717, 1.165) is 6.42 Å². The van der Waals surface area contributed by atoms with Crippen LogP contribution >= 0.6 is 0 Å². The molecule has 3 heteroatoms. The summed E-state index contributed by atoms with van der Waals surface area (Å²) in [4.78, 5) is 0. The summed E-state index contributed by atoms with van der Waals surface area (Å²) in [5.74, 6) is 0. The summed E-state index contributed by atoms with van der Waals surface area (Å²) in [6.45, 7) is 11.2. The fourth-order valence-corrected chi connectivity index (χ4v) is 2.39. The number of halogens is 2. The Balaban J connectivity index is -0.000000312. The third kappa shape index (κ3) is 6.44. The van der Waals surface area contributed by atoms with Gasteiger partial charge in [-0.15, -0.1) is 13.3 Å².